The van der Waals surface area contributed by atoms with Crippen LogP contribution in [0.25, 0.3) is 22.2 Å². The Bertz CT molecular complexity index is 1950. The lowest BCUT2D eigenvalue weighted by Gasteiger charge is -2.13. The van der Waals surface area contributed by atoms with Gasteiger partial charge < -0.3 is 14.5 Å². The standard InChI is InChI=1S/C30H22F4IN3O5S/c1-42-12-13-43-20-6-2-17(3-7-20)18-14-22-23(16-37-29(22)36-15-18)28(39)26-24(35)10-11-25(27(26)31)38-44(40,41)21-8-4-19(5-9-21)30(32,33)34/h2-11,14-16,38H,12-13H2,1H3,(H,36,37). The van der Waals surface area contributed by atoms with Gasteiger partial charge in [-0.05, 0) is 82.8 Å². The number of halogens is 5. The van der Waals surface area contributed by atoms with E-state index in [1.807, 2.05) is 16.9 Å². The first kappa shape index (κ1) is 31.4. The number of nitrogens with zero attached hydrogens (tertiary/aromatic N) is 1. The number of rotatable bonds is 10. The van der Waals surface area contributed by atoms with E-state index in [4.69, 9.17) is 9.47 Å². The number of hydrogen-bond donors (Lipinski definition) is 2. The Hall–Kier alpha value is -4.02. The molecule has 3 aromatic carbocycles. The Kier molecular flexibility index (Phi) is 8.95. The van der Waals surface area contributed by atoms with Crippen molar-refractivity contribution in [3.63, 3.8) is 0 Å². The molecule has 0 bridgehead atoms. The molecule has 2 heterocycles. The molecule has 2 N–H and O–H groups in total. The van der Waals surface area contributed by atoms with Crippen molar-refractivity contribution in [2.24, 2.45) is 0 Å². The number of ketones is 1. The number of benzene rings is 3. The molecule has 0 saturated heterocycles. The molecule has 14 heteroatoms. The summed E-state index contributed by atoms with van der Waals surface area (Å²) in [5.74, 6) is -1.22. The van der Waals surface area contributed by atoms with Gasteiger partial charge in [0, 0.05) is 39.6 Å². The van der Waals surface area contributed by atoms with Crippen molar-refractivity contribution in [2.45, 2.75) is 11.1 Å². The van der Waals surface area contributed by atoms with Gasteiger partial charge in [0.25, 0.3) is 10.0 Å². The van der Waals surface area contributed by atoms with Crippen molar-refractivity contribution in [2.75, 3.05) is 25.0 Å². The fourth-order valence-electron chi connectivity index (χ4n) is 4.34. The first-order valence-corrected chi connectivity index (χ1v) is 15.4. The minimum Gasteiger partial charge on any atom is -0.491 e. The lowest BCUT2D eigenvalue weighted by atomic mass is 10.0. The maximum Gasteiger partial charge on any atom is 0.416 e. The number of H-pyrrole nitrogens is 1. The Labute approximate surface area is 262 Å². The lowest BCUT2D eigenvalue weighted by molar-refractivity contribution is -0.137. The monoisotopic (exact) mass is 739 g/mol. The highest BCUT2D eigenvalue weighted by Crippen LogP contribution is 2.33. The van der Waals surface area contributed by atoms with Crippen molar-refractivity contribution in [1.29, 1.82) is 0 Å². The number of anilines is 1. The van der Waals surface area contributed by atoms with E-state index in [0.717, 1.165) is 23.8 Å². The van der Waals surface area contributed by atoms with Crippen molar-refractivity contribution in [1.82, 2.24) is 9.97 Å². The van der Waals surface area contributed by atoms with E-state index in [1.54, 1.807) is 54.1 Å². The van der Waals surface area contributed by atoms with Crippen molar-refractivity contribution >= 4 is 55.1 Å². The smallest absolute Gasteiger partial charge is 0.416 e. The first-order chi connectivity index (χ1) is 20.9. The molecule has 5 aromatic rings. The van der Waals surface area contributed by atoms with E-state index in [-0.39, 0.29) is 14.7 Å². The molecule has 0 atom stereocenters. The van der Waals surface area contributed by atoms with Crippen LogP contribution in [0.1, 0.15) is 21.5 Å². The van der Waals surface area contributed by atoms with Crippen LogP contribution in [0.2, 0.25) is 0 Å². The zero-order valence-corrected chi connectivity index (χ0v) is 25.7. The molecular formula is C30H22F4IN3O5S. The molecule has 0 fully saturated rings. The van der Waals surface area contributed by atoms with E-state index in [9.17, 15) is 26.4 Å². The van der Waals surface area contributed by atoms with Gasteiger partial charge in [-0.15, -0.1) is 0 Å². The van der Waals surface area contributed by atoms with Crippen molar-refractivity contribution in [3.05, 3.63) is 105 Å². The summed E-state index contributed by atoms with van der Waals surface area (Å²) in [6.45, 7) is 0.839. The molecule has 44 heavy (non-hydrogen) atoms. The molecular weight excluding hydrogens is 717 g/mol. The number of hydrogen-bond acceptors (Lipinski definition) is 6. The van der Waals surface area contributed by atoms with Gasteiger partial charge in [-0.1, -0.05) is 12.1 Å². The van der Waals surface area contributed by atoms with Gasteiger partial charge in [-0.2, -0.15) is 13.2 Å². The molecule has 5 rings (SSSR count). The van der Waals surface area contributed by atoms with Crippen LogP contribution >= 0.6 is 22.6 Å². The van der Waals surface area contributed by atoms with Crippen LogP contribution < -0.4 is 9.46 Å². The molecule has 0 amide bonds. The Morgan fingerprint density at radius 3 is 2.36 bits per heavy atom. The fraction of sp³-hybridized carbons (Fsp3) is 0.133. The number of alkyl halides is 3. The van der Waals surface area contributed by atoms with Crippen LogP contribution in [-0.2, 0) is 20.9 Å². The van der Waals surface area contributed by atoms with Gasteiger partial charge in [0.05, 0.1) is 28.3 Å². The van der Waals surface area contributed by atoms with Crippen LogP contribution in [0, 0.1) is 9.39 Å². The molecule has 0 unspecified atom stereocenters. The van der Waals surface area contributed by atoms with Gasteiger partial charge in [-0.3, -0.25) is 9.52 Å². The average molecular weight is 739 g/mol. The molecule has 2 aromatic heterocycles. The number of nitrogens with one attached hydrogen (secondary N) is 2. The Balaban J connectivity index is 1.44. The van der Waals surface area contributed by atoms with Crippen LogP contribution in [0.4, 0.5) is 23.2 Å². The summed E-state index contributed by atoms with van der Waals surface area (Å²) >= 11 is 1.77. The summed E-state index contributed by atoms with van der Waals surface area (Å²) in [5.41, 5.74) is -0.00620. The SMILES string of the molecule is COCCOc1ccc(-c2cnc3[nH]cc(C(=O)c4c(I)ccc(NS(=O)(=O)c5ccc(C(F)(F)F)cc5)c4F)c3c2)cc1. The highest BCUT2D eigenvalue weighted by atomic mass is 127. The van der Waals surface area contributed by atoms with Gasteiger partial charge in [-0.25, -0.2) is 17.8 Å². The quantitative estimate of drug-likeness (QED) is 0.0688. The summed E-state index contributed by atoms with van der Waals surface area (Å²) in [7, 11) is -2.91. The summed E-state index contributed by atoms with van der Waals surface area (Å²) in [6.07, 6.45) is -1.64. The maximum absolute atomic E-state index is 15.8. The van der Waals surface area contributed by atoms with E-state index in [1.165, 1.54) is 12.3 Å². The number of aromatic amines is 1. The number of ether oxygens (including phenoxy) is 2. The third-order valence-corrected chi connectivity index (χ3v) is 8.85. The molecule has 8 nitrogen and oxygen atoms in total. The topological polar surface area (TPSA) is 110 Å². The molecule has 0 radical (unpaired) electrons. The van der Waals surface area contributed by atoms with E-state index in [2.05, 4.69) is 9.97 Å². The van der Waals surface area contributed by atoms with Crippen LogP contribution in [0.3, 0.4) is 0 Å². The van der Waals surface area contributed by atoms with Gasteiger partial charge >= 0.3 is 6.18 Å². The third-order valence-electron chi connectivity index (χ3n) is 6.57. The zero-order valence-electron chi connectivity index (χ0n) is 22.7. The second-order valence-electron chi connectivity index (χ2n) is 9.43. The van der Waals surface area contributed by atoms with Crippen LogP contribution in [0.5, 0.6) is 5.75 Å². The van der Waals surface area contributed by atoms with Crippen molar-refractivity contribution in [3.8, 4) is 16.9 Å². The second kappa shape index (κ2) is 12.5. The molecule has 0 aliphatic rings. The lowest BCUT2D eigenvalue weighted by Crippen LogP contribution is -2.16. The van der Waals surface area contributed by atoms with Crippen molar-refractivity contribution < 1.29 is 40.2 Å². The fourth-order valence-corrected chi connectivity index (χ4v) is 6.06. The average Bonchev–Trinajstić information content (AvgIpc) is 3.42. The third kappa shape index (κ3) is 6.56. The number of sulfonamides is 1. The van der Waals surface area contributed by atoms with Crippen LogP contribution in [0.15, 0.2) is 84.0 Å². The predicted octanol–water partition coefficient (Wildman–Crippen LogP) is 7.05. The normalized spacial score (nSPS) is 12.0. The Morgan fingerprint density at radius 2 is 1.70 bits per heavy atom. The summed E-state index contributed by atoms with van der Waals surface area (Å²) in [5, 5.41) is 0.416. The summed E-state index contributed by atoms with van der Waals surface area (Å²) in [6, 6.07) is 14.2. The van der Waals surface area contributed by atoms with E-state index >= 15 is 4.39 Å². The second-order valence-corrected chi connectivity index (χ2v) is 12.3. The van der Waals surface area contributed by atoms with Gasteiger partial charge in [0.2, 0.25) is 0 Å². The van der Waals surface area contributed by atoms with Crippen LogP contribution in [-0.4, -0.2) is 44.5 Å². The van der Waals surface area contributed by atoms with E-state index in [0.29, 0.717) is 47.7 Å². The first-order valence-electron chi connectivity index (χ1n) is 12.8. The molecule has 0 aliphatic heterocycles. The number of carbonyl (C=O) groups excluding carboxylic acids is 1. The molecule has 0 spiro atoms. The molecule has 0 aliphatic carbocycles. The predicted molar refractivity (Wildman–Crippen MR) is 164 cm³/mol. The molecule has 0 saturated carbocycles. The van der Waals surface area contributed by atoms with E-state index < -0.39 is 43.9 Å². The molecule has 228 valence electrons. The number of methoxy groups -OCH3 is 1. The summed E-state index contributed by atoms with van der Waals surface area (Å²) in [4.78, 5) is 20.5. The number of fused-ring (bicyclic) bond motifs is 1. The van der Waals surface area contributed by atoms with Gasteiger partial charge in [0.15, 0.2) is 11.6 Å². The van der Waals surface area contributed by atoms with Gasteiger partial charge in [0.1, 0.15) is 18.0 Å². The maximum atomic E-state index is 15.8. The largest absolute Gasteiger partial charge is 0.491 e. The highest BCUT2D eigenvalue weighted by Gasteiger charge is 2.31. The minimum atomic E-state index is -4.66. The number of carbonyl (C=O) groups is 1. The zero-order chi connectivity index (χ0) is 31.6. The number of pyridine rings is 1. The Morgan fingerprint density at radius 1 is 1.00 bits per heavy atom. The summed E-state index contributed by atoms with van der Waals surface area (Å²) < 4.78 is 93.0. The highest BCUT2D eigenvalue weighted by molar-refractivity contribution is 14.1. The number of aromatic nitrogens is 2. The minimum absolute atomic E-state index is 0.105.